The molecule has 0 radical (unpaired) electrons. The molecule has 2 aromatic carbocycles. The minimum Gasteiger partial charge on any atom is -0.490 e. The zero-order valence-electron chi connectivity index (χ0n) is 15.7. The molecule has 0 heterocycles. The number of benzene rings is 2. The summed E-state index contributed by atoms with van der Waals surface area (Å²) in [6.07, 6.45) is 0.111. The van der Waals surface area contributed by atoms with Crippen LogP contribution in [0, 0.1) is 10.1 Å². The highest BCUT2D eigenvalue weighted by molar-refractivity contribution is 9.11. The maximum absolute atomic E-state index is 11.5. The molecule has 0 unspecified atom stereocenters. The lowest BCUT2D eigenvalue weighted by atomic mass is 10.0. The average molecular weight is 517 g/mol. The number of methoxy groups -OCH3 is 2. The molecule has 0 atom stereocenters. The van der Waals surface area contributed by atoms with Crippen LogP contribution in [0.2, 0.25) is 0 Å². The Morgan fingerprint density at radius 2 is 1.71 bits per heavy atom. The number of ether oxygens (including phenoxy) is 3. The van der Waals surface area contributed by atoms with Crippen molar-refractivity contribution in [3.63, 3.8) is 0 Å². The van der Waals surface area contributed by atoms with Gasteiger partial charge in [0.05, 0.1) is 40.6 Å². The summed E-state index contributed by atoms with van der Waals surface area (Å²) in [6.45, 7) is 3.83. The zero-order chi connectivity index (χ0) is 21.0. The molecule has 2 rings (SSSR count). The molecule has 0 aliphatic rings. The fourth-order valence-electron chi connectivity index (χ4n) is 2.62. The molecule has 0 saturated carbocycles. The van der Waals surface area contributed by atoms with Gasteiger partial charge in [-0.25, -0.2) is 0 Å². The number of carbonyl (C=O) groups is 1. The van der Waals surface area contributed by atoms with E-state index in [1.165, 1.54) is 20.3 Å². The first-order chi connectivity index (χ1) is 13.2. The number of halogens is 2. The SMILES string of the molecule is COC(=O)Cc1cc(Br)c(Oc2cc(C(C)C)c(OC)c([N+](=O)[O-])c2)c(Br)c1. The predicted molar refractivity (Wildman–Crippen MR) is 111 cm³/mol. The van der Waals surface area contributed by atoms with E-state index in [4.69, 9.17) is 9.47 Å². The molecule has 0 spiro atoms. The fourth-order valence-corrected chi connectivity index (χ4v) is 4.07. The Bertz CT molecular complexity index is 891. The highest BCUT2D eigenvalue weighted by atomic mass is 79.9. The Morgan fingerprint density at radius 3 is 2.18 bits per heavy atom. The first-order valence-electron chi connectivity index (χ1n) is 8.26. The highest BCUT2D eigenvalue weighted by Gasteiger charge is 2.24. The summed E-state index contributed by atoms with van der Waals surface area (Å²) < 4.78 is 17.0. The molecule has 150 valence electrons. The van der Waals surface area contributed by atoms with E-state index in [0.29, 0.717) is 26.0 Å². The molecule has 0 saturated heterocycles. The van der Waals surface area contributed by atoms with E-state index >= 15 is 0 Å². The van der Waals surface area contributed by atoms with Crippen LogP contribution < -0.4 is 9.47 Å². The van der Waals surface area contributed by atoms with Gasteiger partial charge in [0.25, 0.3) is 0 Å². The molecule has 28 heavy (non-hydrogen) atoms. The normalized spacial score (nSPS) is 10.7. The van der Waals surface area contributed by atoms with E-state index in [0.717, 1.165) is 5.56 Å². The van der Waals surface area contributed by atoms with Crippen molar-refractivity contribution >= 4 is 43.5 Å². The number of esters is 1. The fraction of sp³-hybridized carbons (Fsp3) is 0.316. The van der Waals surface area contributed by atoms with Crippen molar-refractivity contribution in [3.05, 3.63) is 54.5 Å². The van der Waals surface area contributed by atoms with Gasteiger partial charge in [-0.3, -0.25) is 14.9 Å². The standard InChI is InChI=1S/C19H19Br2NO6/c1-10(2)13-8-12(9-16(22(24)25)18(13)27-4)28-19-14(20)5-11(6-15(19)21)7-17(23)26-3/h5-6,8-10H,7H2,1-4H3. The maximum atomic E-state index is 11.5. The quantitative estimate of drug-likeness (QED) is 0.264. The van der Waals surface area contributed by atoms with Gasteiger partial charge in [-0.15, -0.1) is 0 Å². The van der Waals surface area contributed by atoms with Gasteiger partial charge in [-0.05, 0) is 61.5 Å². The molecular weight excluding hydrogens is 498 g/mol. The average Bonchev–Trinajstić information content (AvgIpc) is 2.63. The largest absolute Gasteiger partial charge is 0.490 e. The van der Waals surface area contributed by atoms with E-state index in [1.54, 1.807) is 18.2 Å². The topological polar surface area (TPSA) is 87.9 Å². The summed E-state index contributed by atoms with van der Waals surface area (Å²) >= 11 is 6.85. The van der Waals surface area contributed by atoms with Crippen LogP contribution in [-0.2, 0) is 16.0 Å². The Kier molecular flexibility index (Phi) is 7.42. The Morgan fingerprint density at radius 1 is 1.11 bits per heavy atom. The number of hydrogen-bond acceptors (Lipinski definition) is 6. The number of carbonyl (C=O) groups excluding carboxylic acids is 1. The minimum atomic E-state index is -0.499. The van der Waals surface area contributed by atoms with Crippen molar-refractivity contribution in [1.82, 2.24) is 0 Å². The lowest BCUT2D eigenvalue weighted by Gasteiger charge is -2.16. The molecule has 7 nitrogen and oxygen atoms in total. The first-order valence-corrected chi connectivity index (χ1v) is 9.85. The maximum Gasteiger partial charge on any atom is 0.314 e. The van der Waals surface area contributed by atoms with Gasteiger partial charge in [0.1, 0.15) is 5.75 Å². The molecule has 0 aromatic heterocycles. The summed E-state index contributed by atoms with van der Waals surface area (Å²) in [5.74, 6) is 0.589. The smallest absolute Gasteiger partial charge is 0.314 e. The van der Waals surface area contributed by atoms with Crippen LogP contribution in [0.1, 0.15) is 30.9 Å². The minimum absolute atomic E-state index is 0.00786. The van der Waals surface area contributed by atoms with E-state index in [-0.39, 0.29) is 29.7 Å². The molecular formula is C19H19Br2NO6. The van der Waals surface area contributed by atoms with Crippen LogP contribution in [0.5, 0.6) is 17.2 Å². The molecule has 0 aliphatic carbocycles. The van der Waals surface area contributed by atoms with Gasteiger partial charge < -0.3 is 14.2 Å². The van der Waals surface area contributed by atoms with Gasteiger partial charge in [0.15, 0.2) is 5.75 Å². The van der Waals surface area contributed by atoms with Crippen LogP contribution in [0.4, 0.5) is 5.69 Å². The van der Waals surface area contributed by atoms with Gasteiger partial charge in [-0.1, -0.05) is 13.8 Å². The lowest BCUT2D eigenvalue weighted by molar-refractivity contribution is -0.385. The van der Waals surface area contributed by atoms with Crippen molar-refractivity contribution in [2.24, 2.45) is 0 Å². The monoisotopic (exact) mass is 515 g/mol. The third-order valence-corrected chi connectivity index (χ3v) is 5.13. The molecule has 0 bridgehead atoms. The number of hydrogen-bond donors (Lipinski definition) is 0. The molecule has 0 N–H and O–H groups in total. The van der Waals surface area contributed by atoms with Gasteiger partial charge in [0.2, 0.25) is 5.75 Å². The molecule has 9 heteroatoms. The Labute approximate surface area is 179 Å². The third kappa shape index (κ3) is 5.02. The Balaban J connectivity index is 2.48. The van der Waals surface area contributed by atoms with Crippen LogP contribution >= 0.6 is 31.9 Å². The van der Waals surface area contributed by atoms with Gasteiger partial charge in [0, 0.05) is 5.56 Å². The molecule has 0 fully saturated rings. The second-order valence-corrected chi connectivity index (χ2v) is 7.93. The number of rotatable bonds is 7. The lowest BCUT2D eigenvalue weighted by Crippen LogP contribution is -2.05. The third-order valence-electron chi connectivity index (χ3n) is 3.95. The first kappa shape index (κ1) is 22.2. The predicted octanol–water partition coefficient (Wildman–Crippen LogP) is 5.76. The summed E-state index contributed by atoms with van der Waals surface area (Å²) in [5.41, 5.74) is 1.22. The van der Waals surface area contributed by atoms with Gasteiger partial charge in [-0.2, -0.15) is 0 Å². The van der Waals surface area contributed by atoms with Gasteiger partial charge >= 0.3 is 11.7 Å². The van der Waals surface area contributed by atoms with Crippen molar-refractivity contribution < 1.29 is 23.9 Å². The van der Waals surface area contributed by atoms with Crippen LogP contribution in [0.3, 0.4) is 0 Å². The molecule has 2 aromatic rings. The van der Waals surface area contributed by atoms with E-state index in [2.05, 4.69) is 36.6 Å². The summed E-state index contributed by atoms with van der Waals surface area (Å²) in [5, 5.41) is 11.5. The summed E-state index contributed by atoms with van der Waals surface area (Å²) in [6, 6.07) is 6.51. The highest BCUT2D eigenvalue weighted by Crippen LogP contribution is 2.43. The number of nitro groups is 1. The van der Waals surface area contributed by atoms with E-state index in [9.17, 15) is 14.9 Å². The number of nitrogens with zero attached hydrogens (tertiary/aromatic N) is 1. The van der Waals surface area contributed by atoms with Crippen LogP contribution in [0.25, 0.3) is 0 Å². The molecule has 0 amide bonds. The zero-order valence-corrected chi connectivity index (χ0v) is 18.9. The van der Waals surface area contributed by atoms with E-state index < -0.39 is 4.92 Å². The Hall–Kier alpha value is -2.13. The van der Waals surface area contributed by atoms with Crippen LogP contribution in [0.15, 0.2) is 33.2 Å². The molecule has 0 aliphatic heterocycles. The van der Waals surface area contributed by atoms with E-state index in [1.807, 2.05) is 13.8 Å². The second-order valence-electron chi connectivity index (χ2n) is 6.22. The summed E-state index contributed by atoms with van der Waals surface area (Å²) in [7, 11) is 2.73. The van der Waals surface area contributed by atoms with Crippen LogP contribution in [-0.4, -0.2) is 25.1 Å². The van der Waals surface area contributed by atoms with Crippen molar-refractivity contribution in [2.75, 3.05) is 14.2 Å². The second kappa shape index (κ2) is 9.38. The van der Waals surface area contributed by atoms with Crippen molar-refractivity contribution in [3.8, 4) is 17.2 Å². The van der Waals surface area contributed by atoms with Crippen molar-refractivity contribution in [2.45, 2.75) is 26.2 Å². The van der Waals surface area contributed by atoms with Crippen molar-refractivity contribution in [1.29, 1.82) is 0 Å². The summed E-state index contributed by atoms with van der Waals surface area (Å²) in [4.78, 5) is 22.5. The number of nitro benzene ring substituents is 1.